The number of alkyl carbamates (subject to hydrolysis) is 1. The van der Waals surface area contributed by atoms with Crippen molar-refractivity contribution in [2.24, 2.45) is 0 Å². The molecule has 0 saturated carbocycles. The van der Waals surface area contributed by atoms with Crippen LogP contribution in [0.3, 0.4) is 0 Å². The molecule has 1 aliphatic heterocycles. The Morgan fingerprint density at radius 1 is 1.00 bits per heavy atom. The van der Waals surface area contributed by atoms with Gasteiger partial charge in [0.1, 0.15) is 17.0 Å². The van der Waals surface area contributed by atoms with Gasteiger partial charge < -0.3 is 43.7 Å². The fourth-order valence-electron chi connectivity index (χ4n) is 7.15. The second kappa shape index (κ2) is 14.4. The van der Waals surface area contributed by atoms with E-state index in [2.05, 4.69) is 10.2 Å². The first-order valence-electron chi connectivity index (χ1n) is 17.6. The quantitative estimate of drug-likeness (QED) is 0.176. The topological polar surface area (TPSA) is 159 Å². The van der Waals surface area contributed by atoms with Crippen LogP contribution in [0.2, 0.25) is 0 Å². The minimum Gasteiger partial charge on any atom is -0.477 e. The standard InChI is InChI=1S/C39H50N2O11/c1-10-41(9)27-22-24-16-17-25(48-35(45)52-37(5,6)7)31-29(24)38(8)32(50-31)26(18-20-39(27,38)46)47-33(43)30(23-14-12-11-13-15-23)49-28(42)19-21-40-34(44)51-36(2,3)4/h11-18,27,30,32,46H,10,19-22H2,1-9H3,(H,40,44)/t27-,30+,32+,38+,39-/m1/s1. The first-order chi connectivity index (χ1) is 24.3. The van der Waals surface area contributed by atoms with Gasteiger partial charge in [0.15, 0.2) is 17.6 Å². The Morgan fingerprint density at radius 3 is 2.31 bits per heavy atom. The summed E-state index contributed by atoms with van der Waals surface area (Å²) >= 11 is 0. The summed E-state index contributed by atoms with van der Waals surface area (Å²) in [6.45, 7) is 14.8. The van der Waals surface area contributed by atoms with Crippen LogP contribution in [0, 0.1) is 0 Å². The number of amides is 1. The molecule has 0 unspecified atom stereocenters. The highest BCUT2D eigenvalue weighted by Gasteiger charge is 2.68. The Balaban J connectivity index is 1.44. The van der Waals surface area contributed by atoms with Crippen LogP contribution < -0.4 is 14.8 Å². The third kappa shape index (κ3) is 7.75. The smallest absolute Gasteiger partial charge is 0.477 e. The lowest BCUT2D eigenvalue weighted by atomic mass is 9.54. The van der Waals surface area contributed by atoms with Gasteiger partial charge in [-0.1, -0.05) is 43.3 Å². The Bertz CT molecular complexity index is 1730. The highest BCUT2D eigenvalue weighted by molar-refractivity contribution is 5.82. The lowest BCUT2D eigenvalue weighted by molar-refractivity contribution is -0.169. The summed E-state index contributed by atoms with van der Waals surface area (Å²) in [6, 6.07) is 11.6. The molecule has 13 nitrogen and oxygen atoms in total. The molecule has 0 saturated heterocycles. The molecule has 0 radical (unpaired) electrons. The molecule has 52 heavy (non-hydrogen) atoms. The zero-order chi connectivity index (χ0) is 38.2. The summed E-state index contributed by atoms with van der Waals surface area (Å²) in [4.78, 5) is 53.9. The number of esters is 2. The molecule has 0 aromatic heterocycles. The van der Waals surface area contributed by atoms with Gasteiger partial charge >= 0.3 is 24.2 Å². The van der Waals surface area contributed by atoms with Crippen molar-refractivity contribution in [3.05, 3.63) is 71.0 Å². The molecule has 0 fully saturated rings. The summed E-state index contributed by atoms with van der Waals surface area (Å²) < 4.78 is 34.5. The molecule has 0 spiro atoms. The molecule has 13 heteroatoms. The lowest BCUT2D eigenvalue weighted by Gasteiger charge is -2.56. The molecule has 282 valence electrons. The van der Waals surface area contributed by atoms with E-state index in [1.165, 1.54) is 0 Å². The number of nitrogens with one attached hydrogen (secondary N) is 1. The van der Waals surface area contributed by atoms with Gasteiger partial charge in [-0.15, -0.1) is 0 Å². The first-order valence-corrected chi connectivity index (χ1v) is 17.6. The van der Waals surface area contributed by atoms with E-state index >= 15 is 0 Å². The van der Waals surface area contributed by atoms with Crippen LogP contribution >= 0.6 is 0 Å². The summed E-state index contributed by atoms with van der Waals surface area (Å²) in [5.41, 5.74) is -2.13. The SMILES string of the molecule is CCN(C)[C@@H]1Cc2ccc(OC(=O)OC(C)(C)C)c3c2[C@@]2(C)[C@@H](O3)C(OC(=O)[C@@H](OC(=O)CCNC(=O)OC(C)(C)C)c3ccccc3)=CC[C@@]12O. The number of likely N-dealkylation sites (N-methyl/N-ethyl adjacent to an activating group) is 1. The molecular weight excluding hydrogens is 672 g/mol. The molecule has 3 aliphatic rings. The Labute approximate surface area is 304 Å². The number of aliphatic hydroxyl groups is 1. The molecule has 0 bridgehead atoms. The van der Waals surface area contributed by atoms with Crippen LogP contribution in [0.1, 0.15) is 91.0 Å². The van der Waals surface area contributed by atoms with Crippen molar-refractivity contribution in [3.8, 4) is 11.5 Å². The number of rotatable bonds is 10. The number of carbonyl (C=O) groups is 4. The average molecular weight is 723 g/mol. The fourth-order valence-corrected chi connectivity index (χ4v) is 7.15. The zero-order valence-electron chi connectivity index (χ0n) is 31.4. The van der Waals surface area contributed by atoms with E-state index in [1.54, 1.807) is 84.0 Å². The van der Waals surface area contributed by atoms with Gasteiger partial charge in [0.25, 0.3) is 0 Å². The maximum absolute atomic E-state index is 14.0. The first kappa shape index (κ1) is 38.6. The third-order valence-electron chi connectivity index (χ3n) is 9.62. The van der Waals surface area contributed by atoms with Gasteiger partial charge in [-0.25, -0.2) is 14.4 Å². The van der Waals surface area contributed by atoms with Crippen molar-refractivity contribution in [2.45, 2.75) is 115 Å². The molecular formula is C39H50N2O11. The van der Waals surface area contributed by atoms with E-state index in [4.69, 9.17) is 28.4 Å². The van der Waals surface area contributed by atoms with Gasteiger partial charge in [0, 0.05) is 30.1 Å². The van der Waals surface area contributed by atoms with Gasteiger partial charge in [-0.05, 0) is 86.2 Å². The zero-order valence-corrected chi connectivity index (χ0v) is 31.4. The van der Waals surface area contributed by atoms with Crippen molar-refractivity contribution in [3.63, 3.8) is 0 Å². The van der Waals surface area contributed by atoms with Gasteiger partial charge in [0.2, 0.25) is 6.10 Å². The van der Waals surface area contributed by atoms with Crippen LogP contribution in [0.15, 0.2) is 54.3 Å². The van der Waals surface area contributed by atoms with E-state index in [0.717, 1.165) is 5.56 Å². The molecule has 2 N–H and O–H groups in total. The summed E-state index contributed by atoms with van der Waals surface area (Å²) in [7, 11) is 1.95. The van der Waals surface area contributed by atoms with Crippen molar-refractivity contribution >= 4 is 24.2 Å². The van der Waals surface area contributed by atoms with E-state index in [9.17, 15) is 24.3 Å². The summed E-state index contributed by atoms with van der Waals surface area (Å²) in [6.07, 6.45) is -2.07. The van der Waals surface area contributed by atoms with Gasteiger partial charge in [-0.3, -0.25) is 4.79 Å². The monoisotopic (exact) mass is 722 g/mol. The van der Waals surface area contributed by atoms with Crippen LogP contribution in [-0.2, 0) is 40.4 Å². The third-order valence-corrected chi connectivity index (χ3v) is 9.62. The van der Waals surface area contributed by atoms with E-state index in [0.29, 0.717) is 24.1 Å². The largest absolute Gasteiger partial charge is 0.514 e. The molecule has 2 aromatic carbocycles. The number of hydrogen-bond donors (Lipinski definition) is 2. The minimum absolute atomic E-state index is 0.0794. The highest BCUT2D eigenvalue weighted by atomic mass is 16.7. The predicted octanol–water partition coefficient (Wildman–Crippen LogP) is 5.66. The Hall–Kier alpha value is -4.62. The summed E-state index contributed by atoms with van der Waals surface area (Å²) in [5, 5.41) is 15.2. The maximum Gasteiger partial charge on any atom is 0.514 e. The Kier molecular flexibility index (Phi) is 10.7. The summed E-state index contributed by atoms with van der Waals surface area (Å²) in [5.74, 6) is -1.17. The normalized spacial score (nSPS) is 23.7. The second-order valence-electron chi connectivity index (χ2n) is 15.6. The van der Waals surface area contributed by atoms with Crippen LogP contribution in [0.4, 0.5) is 9.59 Å². The number of benzene rings is 2. The number of ether oxygens (including phenoxy) is 6. The van der Waals surface area contributed by atoms with Crippen LogP contribution in [0.5, 0.6) is 11.5 Å². The van der Waals surface area contributed by atoms with Crippen LogP contribution in [-0.4, -0.2) is 83.3 Å². The maximum atomic E-state index is 14.0. The molecule has 1 heterocycles. The van der Waals surface area contributed by atoms with Crippen molar-refractivity contribution < 1.29 is 52.7 Å². The number of hydrogen-bond acceptors (Lipinski definition) is 12. The average Bonchev–Trinajstić information content (AvgIpc) is 3.38. The minimum atomic E-state index is -1.46. The van der Waals surface area contributed by atoms with Crippen molar-refractivity contribution in [1.82, 2.24) is 10.2 Å². The van der Waals surface area contributed by atoms with Crippen molar-refractivity contribution in [1.29, 1.82) is 0 Å². The predicted molar refractivity (Wildman–Crippen MR) is 189 cm³/mol. The number of carbonyl (C=O) groups excluding carboxylic acids is 4. The van der Waals surface area contributed by atoms with Gasteiger partial charge in [-0.2, -0.15) is 0 Å². The van der Waals surface area contributed by atoms with E-state index < -0.39 is 58.6 Å². The highest BCUT2D eigenvalue weighted by Crippen LogP contribution is 2.62. The van der Waals surface area contributed by atoms with Crippen molar-refractivity contribution in [2.75, 3.05) is 20.1 Å². The molecule has 5 rings (SSSR count). The number of nitrogens with zero attached hydrogens (tertiary/aromatic N) is 1. The van der Waals surface area contributed by atoms with E-state index in [-0.39, 0.29) is 42.7 Å². The van der Waals surface area contributed by atoms with Crippen LogP contribution in [0.25, 0.3) is 0 Å². The second-order valence-corrected chi connectivity index (χ2v) is 15.6. The molecule has 2 aliphatic carbocycles. The Morgan fingerprint density at radius 2 is 1.67 bits per heavy atom. The molecule has 5 atom stereocenters. The lowest BCUT2D eigenvalue weighted by Crippen LogP contribution is -2.69. The van der Waals surface area contributed by atoms with Gasteiger partial charge in [0.05, 0.1) is 17.4 Å². The molecule has 2 aromatic rings. The molecule has 1 amide bonds. The fraction of sp³-hybridized carbons (Fsp3) is 0.538. The van der Waals surface area contributed by atoms with E-state index in [1.807, 2.05) is 27.0 Å².